The molecule has 20 heteroatoms. The Morgan fingerprint density at radius 3 is 2.39 bits per heavy atom. The highest BCUT2D eigenvalue weighted by Crippen LogP contribution is 2.66. The van der Waals surface area contributed by atoms with E-state index in [0.717, 1.165) is 17.7 Å². The van der Waals surface area contributed by atoms with Gasteiger partial charge in [-0.25, -0.2) is 18.5 Å². The molecule has 33 heavy (non-hydrogen) atoms. The molecule has 3 unspecified atom stereocenters. The smallest absolute Gasteiger partial charge is 0.387 e. The van der Waals surface area contributed by atoms with Crippen LogP contribution in [0.5, 0.6) is 0 Å². The lowest BCUT2D eigenvalue weighted by Gasteiger charge is -2.26. The molecule has 1 aromatic rings. The number of rotatable bonds is 8. The number of alkyl halides is 1. The molecular weight excluding hydrogens is 535 g/mol. The Balaban J connectivity index is 2.31. The number of nitrogens with two attached hydrogens (primary N) is 1. The van der Waals surface area contributed by atoms with Gasteiger partial charge < -0.3 is 35.2 Å². The van der Waals surface area contributed by atoms with E-state index in [9.17, 15) is 33.4 Å². The number of aliphatic hydroxyl groups is 1. The largest absolute Gasteiger partial charge is 0.490 e. The van der Waals surface area contributed by atoms with Gasteiger partial charge in [0.15, 0.2) is 11.1 Å². The van der Waals surface area contributed by atoms with Gasteiger partial charge in [0.1, 0.15) is 18.0 Å². The normalized spacial score (nSPS) is 30.0. The van der Waals surface area contributed by atoms with Gasteiger partial charge in [0.05, 0.1) is 6.10 Å². The predicted octanol–water partition coefficient (Wildman–Crippen LogP) is -0.184. The van der Waals surface area contributed by atoms with E-state index in [1.807, 2.05) is 0 Å². The number of hydrogen-bond donors (Lipinski definition) is 6. The summed E-state index contributed by atoms with van der Waals surface area (Å²) in [6, 6.07) is 1.23. The Bertz CT molecular complexity index is 1160. The number of nitrogens with zero attached hydrogens (tertiary/aromatic N) is 2. The third-order valence-electron chi connectivity index (χ3n) is 3.99. The average Bonchev–Trinajstić information content (AvgIpc) is 2.83. The fourth-order valence-corrected chi connectivity index (χ4v) is 6.42. The number of phosphoric ester groups is 1. The molecule has 7 N–H and O–H groups in total. The van der Waals surface area contributed by atoms with E-state index in [2.05, 4.69) is 30.0 Å². The fraction of sp³-hybridized carbons (Fsp3) is 0.538. The van der Waals surface area contributed by atoms with Crippen molar-refractivity contribution in [1.82, 2.24) is 9.55 Å². The molecule has 0 radical (unpaired) electrons. The highest BCUT2D eigenvalue weighted by molar-refractivity contribution is 7.66. The lowest BCUT2D eigenvalue weighted by molar-refractivity contribution is -0.0749. The minimum absolute atomic E-state index is 0.117. The standard InChI is InChI=1S/C13H19ClN3O13P3/c1-3-5-13(14)10(18)9(27-11(13)17-6-4-8(15)16-12(17)19)7(2)28-32(23,24)30-33(25,26)29-31(20,21)22/h4,6-7,9-11,18H,1-2H3,(H,23,24)(H,25,26)(H2,15,16,19)(H2,20,21,22)/t7-,9+,10-,11+,13?/m0/s1. The van der Waals surface area contributed by atoms with Gasteiger partial charge in [-0.3, -0.25) is 9.09 Å². The Morgan fingerprint density at radius 1 is 1.27 bits per heavy atom. The molecular formula is C13H19ClN3O13P3. The van der Waals surface area contributed by atoms with Gasteiger partial charge >= 0.3 is 29.2 Å². The fourth-order valence-electron chi connectivity index (χ4n) is 2.84. The van der Waals surface area contributed by atoms with E-state index < -0.39 is 58.6 Å². The van der Waals surface area contributed by atoms with Gasteiger partial charge in [-0.2, -0.15) is 13.6 Å². The molecule has 0 aromatic carbocycles. The van der Waals surface area contributed by atoms with Crippen LogP contribution in [-0.2, 0) is 31.6 Å². The maximum absolute atomic E-state index is 12.2. The molecule has 0 aliphatic carbocycles. The molecule has 0 saturated carbocycles. The van der Waals surface area contributed by atoms with Crippen molar-refractivity contribution < 1.29 is 56.3 Å². The lowest BCUT2D eigenvalue weighted by Crippen LogP contribution is -2.45. The molecule has 1 fully saturated rings. The zero-order valence-electron chi connectivity index (χ0n) is 16.7. The van der Waals surface area contributed by atoms with Crippen LogP contribution in [0.3, 0.4) is 0 Å². The van der Waals surface area contributed by atoms with Crippen LogP contribution in [-0.4, -0.2) is 57.4 Å². The summed E-state index contributed by atoms with van der Waals surface area (Å²) in [6.07, 6.45) is -5.33. The van der Waals surface area contributed by atoms with Gasteiger partial charge in [0, 0.05) is 6.20 Å². The van der Waals surface area contributed by atoms with Crippen LogP contribution in [0.1, 0.15) is 20.1 Å². The topological polar surface area (TPSA) is 250 Å². The molecule has 16 nitrogen and oxygen atoms in total. The lowest BCUT2D eigenvalue weighted by atomic mass is 9.96. The summed E-state index contributed by atoms with van der Waals surface area (Å²) in [5, 5.41) is 10.7. The number of phosphoric acid groups is 3. The molecule has 2 heterocycles. The second-order valence-corrected chi connectivity index (χ2v) is 11.5. The van der Waals surface area contributed by atoms with Crippen molar-refractivity contribution in [2.45, 2.75) is 43.3 Å². The Morgan fingerprint density at radius 2 is 1.88 bits per heavy atom. The van der Waals surface area contributed by atoms with Crippen molar-refractivity contribution in [2.24, 2.45) is 0 Å². The van der Waals surface area contributed by atoms with Crippen molar-refractivity contribution >= 4 is 40.9 Å². The number of hydrogen-bond acceptors (Lipinski definition) is 11. The molecule has 2 rings (SSSR count). The zero-order chi connectivity index (χ0) is 25.4. The second kappa shape index (κ2) is 9.85. The minimum atomic E-state index is -5.76. The number of aromatic nitrogens is 2. The second-order valence-electron chi connectivity index (χ2n) is 6.48. The van der Waals surface area contributed by atoms with Crippen molar-refractivity contribution in [3.05, 3.63) is 22.7 Å². The highest BCUT2D eigenvalue weighted by atomic mass is 35.5. The zero-order valence-corrected chi connectivity index (χ0v) is 20.1. The summed E-state index contributed by atoms with van der Waals surface area (Å²) in [5.74, 6) is 4.83. The van der Waals surface area contributed by atoms with Gasteiger partial charge in [-0.15, -0.1) is 5.92 Å². The molecule has 7 atom stereocenters. The van der Waals surface area contributed by atoms with E-state index in [1.54, 1.807) is 0 Å². The number of ether oxygens (including phenoxy) is 1. The average molecular weight is 554 g/mol. The van der Waals surface area contributed by atoms with Gasteiger partial charge in [-0.1, -0.05) is 17.5 Å². The first kappa shape index (κ1) is 28.1. The number of halogens is 1. The van der Waals surface area contributed by atoms with E-state index in [0.29, 0.717) is 0 Å². The summed E-state index contributed by atoms with van der Waals surface area (Å²) < 4.78 is 52.6. The van der Waals surface area contributed by atoms with E-state index in [1.165, 1.54) is 13.0 Å². The van der Waals surface area contributed by atoms with Crippen LogP contribution in [0, 0.1) is 11.8 Å². The maximum atomic E-state index is 12.2. The van der Waals surface area contributed by atoms with Crippen molar-refractivity contribution in [1.29, 1.82) is 0 Å². The quantitative estimate of drug-likeness (QED) is 0.139. The Hall–Kier alpha value is -1.14. The molecule has 186 valence electrons. The maximum Gasteiger partial charge on any atom is 0.490 e. The van der Waals surface area contributed by atoms with Crippen LogP contribution >= 0.6 is 35.1 Å². The first-order valence-electron chi connectivity index (χ1n) is 8.54. The van der Waals surface area contributed by atoms with Crippen molar-refractivity contribution in [3.8, 4) is 11.8 Å². The summed E-state index contributed by atoms with van der Waals surface area (Å²) in [7, 11) is -16.9. The van der Waals surface area contributed by atoms with Crippen molar-refractivity contribution in [2.75, 3.05) is 5.73 Å². The Kier molecular flexibility index (Phi) is 8.39. The van der Waals surface area contributed by atoms with Crippen LogP contribution in [0.4, 0.5) is 5.82 Å². The van der Waals surface area contributed by atoms with E-state index in [4.69, 9.17) is 31.9 Å². The monoisotopic (exact) mass is 553 g/mol. The first-order chi connectivity index (χ1) is 14.9. The first-order valence-corrected chi connectivity index (χ1v) is 13.4. The third kappa shape index (κ3) is 6.94. The molecule has 1 aliphatic rings. The summed E-state index contributed by atoms with van der Waals surface area (Å²) in [6.45, 7) is 2.44. The minimum Gasteiger partial charge on any atom is -0.387 e. The van der Waals surface area contributed by atoms with Crippen LogP contribution in [0.25, 0.3) is 0 Å². The SMILES string of the molecule is CC#CC1(Cl)[C@@H](O)[C@@H]([C@H](C)OP(=O)(O)OP(=O)(O)OP(=O)(O)O)O[C@H]1n1ccc(N)nc1=O. The molecule has 1 aromatic heterocycles. The highest BCUT2D eigenvalue weighted by Gasteiger charge is 2.58. The van der Waals surface area contributed by atoms with E-state index in [-0.39, 0.29) is 5.82 Å². The number of anilines is 1. The molecule has 1 aliphatic heterocycles. The van der Waals surface area contributed by atoms with Crippen LogP contribution in [0.15, 0.2) is 17.1 Å². The summed E-state index contributed by atoms with van der Waals surface area (Å²) in [5.41, 5.74) is 4.52. The summed E-state index contributed by atoms with van der Waals surface area (Å²) >= 11 is 6.45. The van der Waals surface area contributed by atoms with Gasteiger partial charge in [0.2, 0.25) is 0 Å². The van der Waals surface area contributed by atoms with Crippen LogP contribution in [0.2, 0.25) is 0 Å². The predicted molar refractivity (Wildman–Crippen MR) is 109 cm³/mol. The van der Waals surface area contributed by atoms with E-state index >= 15 is 0 Å². The van der Waals surface area contributed by atoms with Gasteiger partial charge in [-0.05, 0) is 19.9 Å². The van der Waals surface area contributed by atoms with Gasteiger partial charge in [0.25, 0.3) is 0 Å². The number of nitrogen functional groups attached to an aromatic ring is 1. The molecule has 1 saturated heterocycles. The summed E-state index contributed by atoms with van der Waals surface area (Å²) in [4.78, 5) is 49.9. The van der Waals surface area contributed by atoms with Crippen LogP contribution < -0.4 is 11.4 Å². The third-order valence-corrected chi connectivity index (χ3v) is 8.42. The molecule has 0 bridgehead atoms. The van der Waals surface area contributed by atoms with Crippen molar-refractivity contribution in [3.63, 3.8) is 0 Å². The number of aliphatic hydroxyl groups excluding tert-OH is 1. The molecule has 0 spiro atoms. The Labute approximate surface area is 190 Å². The molecule has 0 amide bonds.